The molecule has 3 rings (SSSR count). The first-order chi connectivity index (χ1) is 16.5. The van der Waals surface area contributed by atoms with Crippen LogP contribution in [0.4, 0.5) is 27.6 Å². The standard InChI is InChI=1S/C21H13ClF5N3O5/c1-33-14-6-13(35-12-4-3-9(23)5-11(12)22)15(17(24)16(14)21(25,26)27)19(31)30-10-7-28-18(29-8-10)20(32)34-2/h3-8H,1-2H3,(H,30,31). The van der Waals surface area contributed by atoms with E-state index in [-0.39, 0.29) is 22.3 Å². The van der Waals surface area contributed by atoms with Crippen LogP contribution in [0.25, 0.3) is 0 Å². The number of carbonyl (C=O) groups excluding carboxylic acids is 2. The summed E-state index contributed by atoms with van der Waals surface area (Å²) in [5.41, 5.74) is -3.23. The van der Waals surface area contributed by atoms with Gasteiger partial charge in [-0.25, -0.2) is 23.5 Å². The van der Waals surface area contributed by atoms with Gasteiger partial charge in [-0.2, -0.15) is 13.2 Å². The predicted octanol–water partition coefficient (Wildman–Crippen LogP) is 5.27. The molecule has 0 aliphatic rings. The van der Waals surface area contributed by atoms with Crippen molar-refractivity contribution in [3.05, 3.63) is 70.3 Å². The summed E-state index contributed by atoms with van der Waals surface area (Å²) in [6, 6.07) is 3.44. The van der Waals surface area contributed by atoms with Crippen LogP contribution in [0.3, 0.4) is 0 Å². The minimum atomic E-state index is -5.25. The van der Waals surface area contributed by atoms with E-state index < -0.39 is 52.3 Å². The number of hydrogen-bond acceptors (Lipinski definition) is 7. The molecule has 0 saturated carbocycles. The number of carbonyl (C=O) groups is 2. The number of esters is 1. The van der Waals surface area contributed by atoms with Crippen LogP contribution in [0, 0.1) is 11.6 Å². The van der Waals surface area contributed by atoms with E-state index in [1.165, 1.54) is 0 Å². The van der Waals surface area contributed by atoms with Gasteiger partial charge in [0.05, 0.1) is 37.3 Å². The summed E-state index contributed by atoms with van der Waals surface area (Å²) in [5, 5.41) is 1.81. The van der Waals surface area contributed by atoms with Gasteiger partial charge in [-0.1, -0.05) is 11.6 Å². The van der Waals surface area contributed by atoms with Crippen molar-refractivity contribution in [3.8, 4) is 17.2 Å². The van der Waals surface area contributed by atoms with Gasteiger partial charge < -0.3 is 19.5 Å². The number of benzene rings is 2. The Bertz CT molecular complexity index is 1290. The average Bonchev–Trinajstić information content (AvgIpc) is 2.79. The van der Waals surface area contributed by atoms with Crippen LogP contribution in [0.15, 0.2) is 36.7 Å². The van der Waals surface area contributed by atoms with Crippen molar-refractivity contribution in [1.29, 1.82) is 0 Å². The van der Waals surface area contributed by atoms with Crippen LogP contribution in [-0.4, -0.2) is 36.1 Å². The SMILES string of the molecule is COC(=O)c1ncc(NC(=O)c2c(Oc3ccc(F)cc3Cl)cc(OC)c(C(F)(F)F)c2F)cn1. The summed E-state index contributed by atoms with van der Waals surface area (Å²) in [4.78, 5) is 31.5. The number of alkyl halides is 3. The van der Waals surface area contributed by atoms with Gasteiger partial charge in [0.1, 0.15) is 34.2 Å². The molecule has 0 unspecified atom stereocenters. The molecule has 1 N–H and O–H groups in total. The van der Waals surface area contributed by atoms with Gasteiger partial charge in [-0.15, -0.1) is 0 Å². The van der Waals surface area contributed by atoms with E-state index in [4.69, 9.17) is 16.3 Å². The van der Waals surface area contributed by atoms with E-state index in [1.807, 2.05) is 0 Å². The molecular formula is C21H13ClF5N3O5. The van der Waals surface area contributed by atoms with Crippen molar-refractivity contribution in [2.45, 2.75) is 6.18 Å². The number of hydrogen-bond donors (Lipinski definition) is 1. The number of amides is 1. The zero-order valence-electron chi connectivity index (χ0n) is 17.7. The molecule has 0 aliphatic heterocycles. The third kappa shape index (κ3) is 5.57. The van der Waals surface area contributed by atoms with Gasteiger partial charge in [0.2, 0.25) is 5.82 Å². The molecule has 1 heterocycles. The van der Waals surface area contributed by atoms with E-state index in [9.17, 15) is 27.2 Å². The zero-order chi connectivity index (χ0) is 25.9. The first-order valence-electron chi connectivity index (χ1n) is 9.28. The maximum Gasteiger partial charge on any atom is 0.422 e. The van der Waals surface area contributed by atoms with Gasteiger partial charge in [0.25, 0.3) is 5.91 Å². The highest BCUT2D eigenvalue weighted by Gasteiger charge is 2.41. The third-order valence-corrected chi connectivity index (χ3v) is 4.61. The Kier molecular flexibility index (Phi) is 7.39. The number of halogens is 6. The maximum absolute atomic E-state index is 15.2. The molecule has 2 aromatic carbocycles. The van der Waals surface area contributed by atoms with Crippen molar-refractivity contribution in [3.63, 3.8) is 0 Å². The van der Waals surface area contributed by atoms with Crippen LogP contribution in [-0.2, 0) is 10.9 Å². The summed E-state index contributed by atoms with van der Waals surface area (Å²) in [7, 11) is 1.94. The lowest BCUT2D eigenvalue weighted by Gasteiger charge is -2.19. The monoisotopic (exact) mass is 517 g/mol. The summed E-state index contributed by atoms with van der Waals surface area (Å²) >= 11 is 5.89. The van der Waals surface area contributed by atoms with Crippen molar-refractivity contribution >= 4 is 29.2 Å². The Hall–Kier alpha value is -4.00. The lowest BCUT2D eigenvalue weighted by Crippen LogP contribution is -2.20. The third-order valence-electron chi connectivity index (χ3n) is 4.32. The predicted molar refractivity (Wildman–Crippen MR) is 111 cm³/mol. The first kappa shape index (κ1) is 25.6. The van der Waals surface area contributed by atoms with Crippen molar-refractivity contribution in [2.75, 3.05) is 19.5 Å². The Morgan fingerprint density at radius 1 is 1.00 bits per heavy atom. The normalized spacial score (nSPS) is 11.1. The molecule has 0 radical (unpaired) electrons. The van der Waals surface area contributed by atoms with Crippen molar-refractivity contribution in [1.82, 2.24) is 9.97 Å². The fourth-order valence-electron chi connectivity index (χ4n) is 2.78. The quantitative estimate of drug-likeness (QED) is 0.351. The molecule has 0 saturated heterocycles. The topological polar surface area (TPSA) is 99.6 Å². The Labute approximate surface area is 198 Å². The molecule has 0 spiro atoms. The van der Waals surface area contributed by atoms with Crippen LogP contribution >= 0.6 is 11.6 Å². The molecule has 14 heteroatoms. The number of aromatic nitrogens is 2. The van der Waals surface area contributed by atoms with Crippen molar-refractivity contribution in [2.24, 2.45) is 0 Å². The fourth-order valence-corrected chi connectivity index (χ4v) is 2.99. The number of ether oxygens (including phenoxy) is 3. The summed E-state index contributed by atoms with van der Waals surface area (Å²) in [6.07, 6.45) is -3.36. The molecule has 0 fully saturated rings. The molecule has 0 atom stereocenters. The van der Waals surface area contributed by atoms with Gasteiger partial charge >= 0.3 is 12.1 Å². The van der Waals surface area contributed by atoms with E-state index >= 15 is 4.39 Å². The Morgan fingerprint density at radius 2 is 1.66 bits per heavy atom. The first-order valence-corrected chi connectivity index (χ1v) is 9.66. The largest absolute Gasteiger partial charge is 0.496 e. The minimum Gasteiger partial charge on any atom is -0.496 e. The number of rotatable bonds is 6. The molecule has 0 aliphatic carbocycles. The summed E-state index contributed by atoms with van der Waals surface area (Å²) < 4.78 is 83.7. The van der Waals surface area contributed by atoms with Crippen LogP contribution in [0.2, 0.25) is 5.02 Å². The average molecular weight is 518 g/mol. The van der Waals surface area contributed by atoms with Gasteiger partial charge in [-0.05, 0) is 18.2 Å². The number of methoxy groups -OCH3 is 2. The Morgan fingerprint density at radius 3 is 2.20 bits per heavy atom. The highest BCUT2D eigenvalue weighted by molar-refractivity contribution is 6.32. The molecule has 3 aromatic rings. The van der Waals surface area contributed by atoms with E-state index in [2.05, 4.69) is 24.8 Å². The van der Waals surface area contributed by atoms with Crippen molar-refractivity contribution < 1.29 is 45.8 Å². The van der Waals surface area contributed by atoms with E-state index in [0.717, 1.165) is 44.8 Å². The summed E-state index contributed by atoms with van der Waals surface area (Å²) in [6.45, 7) is 0. The van der Waals surface area contributed by atoms with E-state index in [0.29, 0.717) is 6.07 Å². The second-order valence-corrected chi connectivity index (χ2v) is 6.96. The van der Waals surface area contributed by atoms with Gasteiger partial charge in [-0.3, -0.25) is 4.79 Å². The molecular weight excluding hydrogens is 505 g/mol. The summed E-state index contributed by atoms with van der Waals surface area (Å²) in [5.74, 6) is -7.37. The molecule has 0 bridgehead atoms. The molecule has 35 heavy (non-hydrogen) atoms. The van der Waals surface area contributed by atoms with Gasteiger partial charge in [0.15, 0.2) is 5.82 Å². The number of nitrogens with zero attached hydrogens (tertiary/aromatic N) is 2. The second-order valence-electron chi connectivity index (χ2n) is 6.56. The smallest absolute Gasteiger partial charge is 0.422 e. The highest BCUT2D eigenvalue weighted by Crippen LogP contribution is 2.44. The van der Waals surface area contributed by atoms with Crippen LogP contribution in [0.1, 0.15) is 26.5 Å². The molecule has 1 amide bonds. The minimum absolute atomic E-state index is 0.197. The number of nitrogens with one attached hydrogen (secondary N) is 1. The lowest BCUT2D eigenvalue weighted by atomic mass is 10.1. The molecule has 184 valence electrons. The van der Waals surface area contributed by atoms with Crippen LogP contribution < -0.4 is 14.8 Å². The van der Waals surface area contributed by atoms with Gasteiger partial charge in [0, 0.05) is 6.07 Å². The zero-order valence-corrected chi connectivity index (χ0v) is 18.4. The fraction of sp³-hybridized carbons (Fsp3) is 0.143. The maximum atomic E-state index is 15.2. The Balaban J connectivity index is 2.10. The second kappa shape index (κ2) is 10.1. The molecule has 8 nitrogen and oxygen atoms in total. The molecule has 1 aromatic heterocycles. The highest BCUT2D eigenvalue weighted by atomic mass is 35.5. The van der Waals surface area contributed by atoms with Crippen LogP contribution in [0.5, 0.6) is 17.2 Å². The van der Waals surface area contributed by atoms with E-state index in [1.54, 1.807) is 0 Å². The number of anilines is 1. The lowest BCUT2D eigenvalue weighted by molar-refractivity contribution is -0.141.